The number of rotatable bonds is 12. The fourth-order valence-electron chi connectivity index (χ4n) is 2.72. The first-order chi connectivity index (χ1) is 13.1. The largest absolute Gasteiger partial charge is 0.494 e. The molecule has 0 atom stereocenters. The molecule has 0 radical (unpaired) electrons. The Morgan fingerprint density at radius 3 is 2.52 bits per heavy atom. The summed E-state index contributed by atoms with van der Waals surface area (Å²) in [4.78, 5) is 10.5. The molecule has 0 aliphatic heterocycles. The summed E-state index contributed by atoms with van der Waals surface area (Å²) in [7, 11) is 0. The summed E-state index contributed by atoms with van der Waals surface area (Å²) >= 11 is 0. The van der Waals surface area contributed by atoms with E-state index in [2.05, 4.69) is 54.7 Å². The lowest BCUT2D eigenvalue weighted by atomic mass is 10.1. The minimum absolute atomic E-state index is 0.143. The Kier molecular flexibility index (Phi) is 9.14. The average molecular weight is 367 g/mol. The Bertz CT molecular complexity index is 708. The Morgan fingerprint density at radius 1 is 1.07 bits per heavy atom. The number of allylic oxidation sites excluding steroid dienone is 1. The number of ether oxygens (including phenoxy) is 1. The summed E-state index contributed by atoms with van der Waals surface area (Å²) in [5, 5.41) is 11.7. The first-order valence-corrected chi connectivity index (χ1v) is 9.51. The zero-order chi connectivity index (χ0) is 19.3. The Balaban J connectivity index is 1.65. The van der Waals surface area contributed by atoms with Crippen LogP contribution in [0.2, 0.25) is 0 Å². The number of hydrogen-bond donors (Lipinski definition) is 2. The molecular formula is C23H29NO3. The number of aryl methyl sites for hydroxylation is 1. The summed E-state index contributed by atoms with van der Waals surface area (Å²) < 4.78 is 5.83. The third kappa shape index (κ3) is 8.56. The second-order valence-electron chi connectivity index (χ2n) is 6.55. The molecule has 0 aliphatic carbocycles. The number of nitrogens with one attached hydrogen (secondary N) is 1. The number of carbonyl (C=O) groups is 1. The fourth-order valence-corrected chi connectivity index (χ4v) is 2.72. The Hall–Kier alpha value is -2.59. The highest BCUT2D eigenvalue weighted by Gasteiger charge is 1.99. The lowest BCUT2D eigenvalue weighted by Crippen LogP contribution is -2.18. The van der Waals surface area contributed by atoms with Crippen molar-refractivity contribution >= 4 is 11.5 Å². The summed E-state index contributed by atoms with van der Waals surface area (Å²) in [5.74, 6) is 0.115. The molecule has 4 heteroatoms. The van der Waals surface area contributed by atoms with E-state index in [1.165, 1.54) is 5.56 Å². The van der Waals surface area contributed by atoms with Crippen molar-refractivity contribution in [2.75, 3.05) is 19.7 Å². The smallest absolute Gasteiger partial charge is 0.304 e. The minimum atomic E-state index is -0.779. The monoisotopic (exact) mass is 367 g/mol. The van der Waals surface area contributed by atoms with Gasteiger partial charge in [-0.05, 0) is 55.0 Å². The fraction of sp³-hybridized carbons (Fsp3) is 0.348. The van der Waals surface area contributed by atoms with Crippen LogP contribution in [0.3, 0.4) is 0 Å². The normalized spacial score (nSPS) is 11.4. The predicted molar refractivity (Wildman–Crippen MR) is 110 cm³/mol. The third-order valence-electron chi connectivity index (χ3n) is 4.35. The van der Waals surface area contributed by atoms with Crippen LogP contribution in [0.5, 0.6) is 5.75 Å². The molecule has 0 spiro atoms. The van der Waals surface area contributed by atoms with Crippen LogP contribution in [0.15, 0.2) is 60.7 Å². The van der Waals surface area contributed by atoms with E-state index in [1.54, 1.807) is 0 Å². The van der Waals surface area contributed by atoms with E-state index in [-0.39, 0.29) is 6.42 Å². The Labute approximate surface area is 161 Å². The molecule has 0 fully saturated rings. The van der Waals surface area contributed by atoms with Crippen molar-refractivity contribution in [3.05, 3.63) is 71.8 Å². The molecule has 0 bridgehead atoms. The molecule has 4 nitrogen and oxygen atoms in total. The second-order valence-corrected chi connectivity index (χ2v) is 6.55. The maximum atomic E-state index is 10.5. The predicted octanol–water partition coefficient (Wildman–Crippen LogP) is 4.56. The molecule has 2 N–H and O–H groups in total. The summed E-state index contributed by atoms with van der Waals surface area (Å²) in [5.41, 5.74) is 3.68. The highest BCUT2D eigenvalue weighted by molar-refractivity contribution is 5.67. The lowest BCUT2D eigenvalue weighted by Gasteiger charge is -2.08. The van der Waals surface area contributed by atoms with E-state index in [4.69, 9.17) is 9.84 Å². The maximum absolute atomic E-state index is 10.5. The lowest BCUT2D eigenvalue weighted by molar-refractivity contribution is -0.136. The van der Waals surface area contributed by atoms with Gasteiger partial charge in [0.05, 0.1) is 13.0 Å². The zero-order valence-electron chi connectivity index (χ0n) is 16.0. The molecule has 2 rings (SSSR count). The molecule has 144 valence electrons. The maximum Gasteiger partial charge on any atom is 0.304 e. The summed E-state index contributed by atoms with van der Waals surface area (Å²) in [6, 6.07) is 18.7. The molecule has 0 saturated heterocycles. The SMILES string of the molecule is C/C(=C/CNCCC(=O)O)c1ccc(OCCCCc2ccccc2)cc1. The molecule has 27 heavy (non-hydrogen) atoms. The van der Waals surface area contributed by atoms with Gasteiger partial charge in [-0.3, -0.25) is 4.79 Å². The number of carboxylic acids is 1. The molecule has 0 amide bonds. The van der Waals surface area contributed by atoms with Gasteiger partial charge in [0.25, 0.3) is 0 Å². The van der Waals surface area contributed by atoms with Gasteiger partial charge in [-0.15, -0.1) is 0 Å². The van der Waals surface area contributed by atoms with Crippen LogP contribution < -0.4 is 10.1 Å². The van der Waals surface area contributed by atoms with Crippen molar-refractivity contribution in [3.8, 4) is 5.75 Å². The van der Waals surface area contributed by atoms with Gasteiger partial charge in [0.2, 0.25) is 0 Å². The van der Waals surface area contributed by atoms with Gasteiger partial charge >= 0.3 is 5.97 Å². The number of benzene rings is 2. The van der Waals surface area contributed by atoms with Crippen molar-refractivity contribution in [1.82, 2.24) is 5.32 Å². The van der Waals surface area contributed by atoms with E-state index in [0.29, 0.717) is 13.1 Å². The van der Waals surface area contributed by atoms with Crippen molar-refractivity contribution in [2.45, 2.75) is 32.6 Å². The average Bonchev–Trinajstić information content (AvgIpc) is 2.68. The summed E-state index contributed by atoms with van der Waals surface area (Å²) in [6.45, 7) is 3.93. The first-order valence-electron chi connectivity index (χ1n) is 9.51. The molecule has 0 unspecified atom stereocenters. The minimum Gasteiger partial charge on any atom is -0.494 e. The topological polar surface area (TPSA) is 58.6 Å². The summed E-state index contributed by atoms with van der Waals surface area (Å²) in [6.07, 6.45) is 5.47. The van der Waals surface area contributed by atoms with Crippen LogP contribution in [-0.2, 0) is 11.2 Å². The van der Waals surface area contributed by atoms with Crippen LogP contribution in [-0.4, -0.2) is 30.8 Å². The first kappa shape index (κ1) is 20.7. The van der Waals surface area contributed by atoms with Crippen LogP contribution in [0, 0.1) is 0 Å². The van der Waals surface area contributed by atoms with Gasteiger partial charge < -0.3 is 15.2 Å². The van der Waals surface area contributed by atoms with Gasteiger partial charge in [0, 0.05) is 13.1 Å². The van der Waals surface area contributed by atoms with Crippen molar-refractivity contribution in [1.29, 1.82) is 0 Å². The van der Waals surface area contributed by atoms with E-state index < -0.39 is 5.97 Å². The molecule has 2 aromatic rings. The van der Waals surface area contributed by atoms with Crippen LogP contribution in [0.1, 0.15) is 37.3 Å². The van der Waals surface area contributed by atoms with Gasteiger partial charge in [-0.2, -0.15) is 0 Å². The quantitative estimate of drug-likeness (QED) is 0.540. The van der Waals surface area contributed by atoms with Crippen molar-refractivity contribution in [2.24, 2.45) is 0 Å². The Morgan fingerprint density at radius 2 is 1.81 bits per heavy atom. The number of carboxylic acid groups (broad SMARTS) is 1. The molecule has 0 aromatic heterocycles. The zero-order valence-corrected chi connectivity index (χ0v) is 16.0. The van der Waals surface area contributed by atoms with Gasteiger partial charge in [0.15, 0.2) is 0 Å². The molecule has 0 heterocycles. The highest BCUT2D eigenvalue weighted by Crippen LogP contribution is 2.18. The van der Waals surface area contributed by atoms with Crippen LogP contribution in [0.25, 0.3) is 5.57 Å². The molecule has 0 aliphatic rings. The van der Waals surface area contributed by atoms with E-state index >= 15 is 0 Å². The van der Waals surface area contributed by atoms with E-state index in [1.807, 2.05) is 18.2 Å². The van der Waals surface area contributed by atoms with Gasteiger partial charge in [-0.1, -0.05) is 48.5 Å². The van der Waals surface area contributed by atoms with Crippen LogP contribution >= 0.6 is 0 Å². The number of hydrogen-bond acceptors (Lipinski definition) is 3. The van der Waals surface area contributed by atoms with Crippen molar-refractivity contribution in [3.63, 3.8) is 0 Å². The van der Waals surface area contributed by atoms with Crippen LogP contribution in [0.4, 0.5) is 0 Å². The van der Waals surface area contributed by atoms with E-state index in [0.717, 1.165) is 42.8 Å². The number of aliphatic carboxylic acids is 1. The standard InChI is InChI=1S/C23H29NO3/c1-19(14-16-24-17-15-23(25)26)21-10-12-22(13-11-21)27-18-6-5-9-20-7-3-2-4-8-20/h2-4,7-8,10-14,24H,5-6,9,15-18H2,1H3,(H,25,26)/b19-14-. The van der Waals surface area contributed by atoms with E-state index in [9.17, 15) is 4.79 Å². The second kappa shape index (κ2) is 11.9. The highest BCUT2D eigenvalue weighted by atomic mass is 16.5. The van der Waals surface area contributed by atoms with Crippen molar-refractivity contribution < 1.29 is 14.6 Å². The third-order valence-corrected chi connectivity index (χ3v) is 4.35. The molecular weight excluding hydrogens is 338 g/mol. The molecule has 2 aromatic carbocycles. The van der Waals surface area contributed by atoms with Gasteiger partial charge in [-0.25, -0.2) is 0 Å². The van der Waals surface area contributed by atoms with Gasteiger partial charge in [0.1, 0.15) is 5.75 Å². The molecule has 0 saturated carbocycles. The number of unbranched alkanes of at least 4 members (excludes halogenated alkanes) is 1.